The Labute approximate surface area is 118 Å². The fourth-order valence-electron chi connectivity index (χ4n) is 1.96. The molecule has 2 aromatic rings. The van der Waals surface area contributed by atoms with E-state index < -0.39 is 0 Å². The number of benzene rings is 1. The zero-order valence-electron chi connectivity index (χ0n) is 11.8. The Morgan fingerprint density at radius 3 is 2.65 bits per heavy atom. The molecule has 0 saturated carbocycles. The van der Waals surface area contributed by atoms with Gasteiger partial charge in [0.15, 0.2) is 0 Å². The Morgan fingerprint density at radius 1 is 1.25 bits per heavy atom. The van der Waals surface area contributed by atoms with E-state index in [0.29, 0.717) is 23.6 Å². The Balaban J connectivity index is 2.10. The third-order valence-electron chi connectivity index (χ3n) is 2.94. The Hall–Kier alpha value is -2.43. The number of methoxy groups -OCH3 is 2. The molecular weight excluding hydrogens is 256 g/mol. The summed E-state index contributed by atoms with van der Waals surface area (Å²) in [6.45, 7) is 0. The van der Waals surface area contributed by atoms with Crippen molar-refractivity contribution in [3.8, 4) is 11.5 Å². The highest BCUT2D eigenvalue weighted by Gasteiger charge is 2.10. The minimum absolute atomic E-state index is 0.0947. The average molecular weight is 274 g/mol. The van der Waals surface area contributed by atoms with Gasteiger partial charge in [-0.15, -0.1) is 0 Å². The van der Waals surface area contributed by atoms with Crippen LogP contribution in [0.3, 0.4) is 0 Å². The van der Waals surface area contributed by atoms with Crippen molar-refractivity contribution in [3.63, 3.8) is 0 Å². The molecule has 0 saturated heterocycles. The van der Waals surface area contributed by atoms with Crippen molar-refractivity contribution in [1.82, 2.24) is 4.57 Å². The molecule has 0 aliphatic heterocycles. The van der Waals surface area contributed by atoms with E-state index in [1.165, 1.54) is 0 Å². The van der Waals surface area contributed by atoms with E-state index >= 15 is 0 Å². The number of nitrogens with zero attached hydrogens (tertiary/aromatic N) is 1. The molecule has 1 N–H and O–H groups in total. The summed E-state index contributed by atoms with van der Waals surface area (Å²) >= 11 is 0. The molecule has 5 heteroatoms. The molecule has 1 aromatic heterocycles. The van der Waals surface area contributed by atoms with E-state index in [4.69, 9.17) is 9.47 Å². The van der Waals surface area contributed by atoms with Gasteiger partial charge < -0.3 is 19.4 Å². The normalized spacial score (nSPS) is 10.2. The lowest BCUT2D eigenvalue weighted by Gasteiger charge is -2.11. The van der Waals surface area contributed by atoms with Crippen LogP contribution in [0.15, 0.2) is 36.7 Å². The third kappa shape index (κ3) is 3.32. The lowest BCUT2D eigenvalue weighted by Crippen LogP contribution is -2.14. The lowest BCUT2D eigenvalue weighted by molar-refractivity contribution is -0.115. The second-order valence-electron chi connectivity index (χ2n) is 4.48. The number of aromatic nitrogens is 1. The molecule has 0 aliphatic rings. The van der Waals surface area contributed by atoms with Gasteiger partial charge in [0.05, 0.1) is 26.3 Å². The Morgan fingerprint density at radius 2 is 2.05 bits per heavy atom. The van der Waals surface area contributed by atoms with Gasteiger partial charge in [-0.1, -0.05) is 0 Å². The van der Waals surface area contributed by atoms with Crippen LogP contribution in [-0.2, 0) is 18.3 Å². The molecule has 0 fully saturated rings. The SMILES string of the molecule is COc1ccc(OC)c(NC(=O)Cc2ccn(C)c2)c1. The molecule has 0 atom stereocenters. The number of carbonyl (C=O) groups is 1. The van der Waals surface area contributed by atoms with Gasteiger partial charge in [-0.05, 0) is 23.8 Å². The number of ether oxygens (including phenoxy) is 2. The fraction of sp³-hybridized carbons (Fsp3) is 0.267. The lowest BCUT2D eigenvalue weighted by atomic mass is 10.2. The monoisotopic (exact) mass is 274 g/mol. The molecule has 106 valence electrons. The number of anilines is 1. The molecule has 0 bridgehead atoms. The van der Waals surface area contributed by atoms with Gasteiger partial charge in [-0.2, -0.15) is 0 Å². The number of hydrogen-bond donors (Lipinski definition) is 1. The topological polar surface area (TPSA) is 52.5 Å². The average Bonchev–Trinajstić information content (AvgIpc) is 2.83. The summed E-state index contributed by atoms with van der Waals surface area (Å²) in [7, 11) is 5.07. The van der Waals surface area contributed by atoms with E-state index in [0.717, 1.165) is 5.56 Å². The van der Waals surface area contributed by atoms with Gasteiger partial charge in [0.1, 0.15) is 11.5 Å². The molecular formula is C15H18N2O3. The summed E-state index contributed by atoms with van der Waals surface area (Å²) in [5.41, 5.74) is 1.57. The van der Waals surface area contributed by atoms with Crippen molar-refractivity contribution in [2.75, 3.05) is 19.5 Å². The van der Waals surface area contributed by atoms with Gasteiger partial charge in [0, 0.05) is 25.5 Å². The third-order valence-corrected chi connectivity index (χ3v) is 2.94. The van der Waals surface area contributed by atoms with Gasteiger partial charge in [0.2, 0.25) is 5.91 Å². The summed E-state index contributed by atoms with van der Waals surface area (Å²) in [5, 5.41) is 2.84. The van der Waals surface area contributed by atoms with Crippen molar-refractivity contribution in [2.24, 2.45) is 7.05 Å². The first-order valence-electron chi connectivity index (χ1n) is 6.25. The van der Waals surface area contributed by atoms with Crippen LogP contribution in [0.2, 0.25) is 0 Å². The molecule has 0 spiro atoms. The first-order chi connectivity index (χ1) is 9.62. The van der Waals surface area contributed by atoms with Gasteiger partial charge >= 0.3 is 0 Å². The summed E-state index contributed by atoms with van der Waals surface area (Å²) < 4.78 is 12.3. The van der Waals surface area contributed by atoms with Crippen molar-refractivity contribution < 1.29 is 14.3 Å². The highest BCUT2D eigenvalue weighted by atomic mass is 16.5. The summed E-state index contributed by atoms with van der Waals surface area (Å²) in [6.07, 6.45) is 4.15. The number of nitrogens with one attached hydrogen (secondary N) is 1. The van der Waals surface area contributed by atoms with Crippen LogP contribution in [0, 0.1) is 0 Å². The molecule has 1 amide bonds. The molecule has 2 rings (SSSR count). The first-order valence-corrected chi connectivity index (χ1v) is 6.25. The first kappa shape index (κ1) is 14.0. The number of carbonyl (C=O) groups excluding carboxylic acids is 1. The predicted molar refractivity (Wildman–Crippen MR) is 77.3 cm³/mol. The number of rotatable bonds is 5. The molecule has 5 nitrogen and oxygen atoms in total. The maximum absolute atomic E-state index is 12.0. The molecule has 0 unspecified atom stereocenters. The Bertz CT molecular complexity index is 605. The van der Waals surface area contributed by atoms with Crippen LogP contribution < -0.4 is 14.8 Å². The fourth-order valence-corrected chi connectivity index (χ4v) is 1.96. The van der Waals surface area contributed by atoms with E-state index in [-0.39, 0.29) is 5.91 Å². The smallest absolute Gasteiger partial charge is 0.228 e. The molecule has 0 radical (unpaired) electrons. The van der Waals surface area contributed by atoms with Gasteiger partial charge in [-0.25, -0.2) is 0 Å². The van der Waals surface area contributed by atoms with Crippen LogP contribution in [0.25, 0.3) is 0 Å². The maximum atomic E-state index is 12.0. The van der Waals surface area contributed by atoms with Crippen molar-refractivity contribution >= 4 is 11.6 Å². The summed E-state index contributed by atoms with van der Waals surface area (Å²) in [5.74, 6) is 1.18. The highest BCUT2D eigenvalue weighted by Crippen LogP contribution is 2.28. The zero-order valence-corrected chi connectivity index (χ0v) is 11.8. The van der Waals surface area contributed by atoms with Crippen LogP contribution in [0.4, 0.5) is 5.69 Å². The van der Waals surface area contributed by atoms with Crippen molar-refractivity contribution in [2.45, 2.75) is 6.42 Å². The number of amides is 1. The highest BCUT2D eigenvalue weighted by molar-refractivity contribution is 5.93. The number of hydrogen-bond acceptors (Lipinski definition) is 3. The summed E-state index contributed by atoms with van der Waals surface area (Å²) in [4.78, 5) is 12.0. The molecule has 0 aliphatic carbocycles. The van der Waals surface area contributed by atoms with Crippen LogP contribution in [0.1, 0.15) is 5.56 Å². The minimum atomic E-state index is -0.0947. The zero-order chi connectivity index (χ0) is 14.5. The van der Waals surface area contributed by atoms with Crippen LogP contribution >= 0.6 is 0 Å². The molecule has 1 aromatic carbocycles. The number of aryl methyl sites for hydroxylation is 1. The molecule has 1 heterocycles. The van der Waals surface area contributed by atoms with E-state index in [2.05, 4.69) is 5.32 Å². The second-order valence-corrected chi connectivity index (χ2v) is 4.48. The maximum Gasteiger partial charge on any atom is 0.228 e. The van der Waals surface area contributed by atoms with E-state index in [1.54, 1.807) is 32.4 Å². The van der Waals surface area contributed by atoms with Gasteiger partial charge in [-0.3, -0.25) is 4.79 Å². The van der Waals surface area contributed by atoms with Gasteiger partial charge in [0.25, 0.3) is 0 Å². The predicted octanol–water partition coefficient (Wildman–Crippen LogP) is 2.22. The molecule has 20 heavy (non-hydrogen) atoms. The largest absolute Gasteiger partial charge is 0.497 e. The van der Waals surface area contributed by atoms with E-state index in [9.17, 15) is 4.79 Å². The Kier molecular flexibility index (Phi) is 4.30. The second kappa shape index (κ2) is 6.14. The van der Waals surface area contributed by atoms with Crippen molar-refractivity contribution in [1.29, 1.82) is 0 Å². The van der Waals surface area contributed by atoms with E-state index in [1.807, 2.05) is 30.1 Å². The van der Waals surface area contributed by atoms with Crippen molar-refractivity contribution in [3.05, 3.63) is 42.2 Å². The standard InChI is InChI=1S/C15H18N2O3/c1-17-7-6-11(10-17)8-15(18)16-13-9-12(19-2)4-5-14(13)20-3/h4-7,9-10H,8H2,1-3H3,(H,16,18). The van der Waals surface area contributed by atoms with Crippen LogP contribution in [-0.4, -0.2) is 24.7 Å². The quantitative estimate of drug-likeness (QED) is 0.909. The summed E-state index contributed by atoms with van der Waals surface area (Å²) in [6, 6.07) is 7.20. The van der Waals surface area contributed by atoms with Crippen LogP contribution in [0.5, 0.6) is 11.5 Å². The minimum Gasteiger partial charge on any atom is -0.497 e.